The number of amides is 1. The number of carbonyl (C=O) groups excluding carboxylic acids is 2. The van der Waals surface area contributed by atoms with Crippen LogP contribution >= 0.6 is 11.6 Å². The Kier molecular flexibility index (Phi) is 6.24. The maximum absolute atomic E-state index is 11.8. The van der Waals surface area contributed by atoms with Crippen molar-refractivity contribution in [1.29, 1.82) is 0 Å². The highest BCUT2D eigenvalue weighted by atomic mass is 35.5. The van der Waals surface area contributed by atoms with Gasteiger partial charge in [0.1, 0.15) is 6.54 Å². The van der Waals surface area contributed by atoms with Gasteiger partial charge in [0.05, 0.1) is 13.7 Å². The molecule has 1 aliphatic rings. The summed E-state index contributed by atoms with van der Waals surface area (Å²) in [7, 11) is 1.30. The molecule has 1 aromatic rings. The fraction of sp³-hybridized carbons (Fsp3) is 0.500. The van der Waals surface area contributed by atoms with Crippen molar-refractivity contribution in [3.05, 3.63) is 28.8 Å². The Balaban J connectivity index is 1.81. The Morgan fingerprint density at radius 3 is 2.61 bits per heavy atom. The van der Waals surface area contributed by atoms with E-state index in [1.165, 1.54) is 12.7 Å². The van der Waals surface area contributed by atoms with Crippen molar-refractivity contribution in [1.82, 2.24) is 10.2 Å². The number of aryl methyl sites for hydroxylation is 1. The third kappa shape index (κ3) is 5.11. The van der Waals surface area contributed by atoms with Crippen LogP contribution in [0, 0.1) is 6.92 Å². The van der Waals surface area contributed by atoms with Gasteiger partial charge in [0.25, 0.3) is 0 Å². The summed E-state index contributed by atoms with van der Waals surface area (Å²) in [4.78, 5) is 27.1. The molecule has 0 saturated carbocycles. The largest absolute Gasteiger partial charge is 0.468 e. The van der Waals surface area contributed by atoms with Crippen molar-refractivity contribution in [3.8, 4) is 0 Å². The maximum atomic E-state index is 11.8. The topological polar surface area (TPSA) is 61.9 Å². The second-order valence-electron chi connectivity index (χ2n) is 5.55. The first-order valence-corrected chi connectivity index (χ1v) is 7.94. The van der Waals surface area contributed by atoms with E-state index in [2.05, 4.69) is 26.8 Å². The average molecular weight is 340 g/mol. The van der Waals surface area contributed by atoms with Crippen molar-refractivity contribution in [2.75, 3.05) is 51.3 Å². The van der Waals surface area contributed by atoms with Crippen LogP contribution in [0.3, 0.4) is 0 Å². The lowest BCUT2D eigenvalue weighted by atomic mass is 10.1. The number of methoxy groups -OCH3 is 1. The zero-order valence-electron chi connectivity index (χ0n) is 13.5. The predicted molar refractivity (Wildman–Crippen MR) is 89.9 cm³/mol. The summed E-state index contributed by atoms with van der Waals surface area (Å²) in [5.74, 6) is -0.609. The van der Waals surface area contributed by atoms with E-state index in [9.17, 15) is 9.59 Å². The molecule has 0 aromatic heterocycles. The fourth-order valence-corrected chi connectivity index (χ4v) is 2.74. The Hall–Kier alpha value is -1.79. The van der Waals surface area contributed by atoms with Crippen LogP contribution < -0.4 is 10.2 Å². The summed E-state index contributed by atoms with van der Waals surface area (Å²) in [6.45, 7) is 5.53. The minimum Gasteiger partial charge on any atom is -0.468 e. The van der Waals surface area contributed by atoms with Gasteiger partial charge in [-0.05, 0) is 24.6 Å². The number of nitrogens with one attached hydrogen (secondary N) is 1. The van der Waals surface area contributed by atoms with E-state index in [0.717, 1.165) is 36.9 Å². The molecule has 0 atom stereocenters. The molecule has 0 unspecified atom stereocenters. The lowest BCUT2D eigenvalue weighted by molar-refractivity contribution is -0.141. The van der Waals surface area contributed by atoms with Crippen LogP contribution in [0.25, 0.3) is 0 Å². The van der Waals surface area contributed by atoms with E-state index in [-0.39, 0.29) is 12.5 Å². The SMILES string of the molecule is COC(=O)CNC(=O)CN1CCN(c2cc(Cl)ccc2C)CC1. The Bertz CT molecular complexity index is 572. The van der Waals surface area contributed by atoms with Gasteiger partial charge in [-0.2, -0.15) is 0 Å². The van der Waals surface area contributed by atoms with E-state index >= 15 is 0 Å². The molecule has 1 N–H and O–H groups in total. The second kappa shape index (κ2) is 8.17. The summed E-state index contributed by atoms with van der Waals surface area (Å²) < 4.78 is 4.49. The number of nitrogens with zero attached hydrogens (tertiary/aromatic N) is 2. The zero-order chi connectivity index (χ0) is 16.8. The fourth-order valence-electron chi connectivity index (χ4n) is 2.57. The first kappa shape index (κ1) is 17.6. The molecule has 0 aliphatic carbocycles. The molecule has 1 fully saturated rings. The Labute approximate surface area is 141 Å². The summed E-state index contributed by atoms with van der Waals surface area (Å²) >= 11 is 6.08. The number of benzene rings is 1. The molecule has 7 heteroatoms. The first-order chi connectivity index (χ1) is 11.0. The van der Waals surface area contributed by atoms with Crippen LogP contribution in [-0.2, 0) is 14.3 Å². The predicted octanol–water partition coefficient (Wildman–Crippen LogP) is 1.06. The molecule has 2 rings (SSSR count). The molecule has 0 radical (unpaired) electrons. The molecule has 1 aliphatic heterocycles. The summed E-state index contributed by atoms with van der Waals surface area (Å²) in [5.41, 5.74) is 2.34. The third-order valence-corrected chi connectivity index (χ3v) is 4.14. The summed E-state index contributed by atoms with van der Waals surface area (Å²) in [6.07, 6.45) is 0. The van der Waals surface area contributed by atoms with Gasteiger partial charge >= 0.3 is 5.97 Å². The van der Waals surface area contributed by atoms with E-state index < -0.39 is 5.97 Å². The minimum atomic E-state index is -0.445. The molecule has 0 bridgehead atoms. The highest BCUT2D eigenvalue weighted by Crippen LogP contribution is 2.25. The van der Waals surface area contributed by atoms with Crippen molar-refractivity contribution in [2.45, 2.75) is 6.92 Å². The smallest absolute Gasteiger partial charge is 0.325 e. The quantitative estimate of drug-likeness (QED) is 0.813. The molecule has 126 valence electrons. The van der Waals surface area contributed by atoms with Crippen molar-refractivity contribution >= 4 is 29.2 Å². The van der Waals surface area contributed by atoms with Gasteiger partial charge in [-0.25, -0.2) is 0 Å². The number of carbonyl (C=O) groups is 2. The van der Waals surface area contributed by atoms with Crippen molar-refractivity contribution in [3.63, 3.8) is 0 Å². The molecule has 6 nitrogen and oxygen atoms in total. The van der Waals surface area contributed by atoms with Gasteiger partial charge in [0, 0.05) is 36.9 Å². The van der Waals surface area contributed by atoms with E-state index in [0.29, 0.717) is 6.54 Å². The van der Waals surface area contributed by atoms with Crippen LogP contribution in [0.4, 0.5) is 5.69 Å². The normalized spacial score (nSPS) is 15.3. The van der Waals surface area contributed by atoms with Crippen LogP contribution in [0.15, 0.2) is 18.2 Å². The number of hydrogen-bond donors (Lipinski definition) is 1. The lowest BCUT2D eigenvalue weighted by Gasteiger charge is -2.36. The lowest BCUT2D eigenvalue weighted by Crippen LogP contribution is -2.50. The maximum Gasteiger partial charge on any atom is 0.325 e. The van der Waals surface area contributed by atoms with Crippen LogP contribution in [0.1, 0.15) is 5.56 Å². The summed E-state index contributed by atoms with van der Waals surface area (Å²) in [5, 5.41) is 3.29. The summed E-state index contributed by atoms with van der Waals surface area (Å²) in [6, 6.07) is 5.89. The number of halogens is 1. The van der Waals surface area contributed by atoms with E-state index in [1.807, 2.05) is 18.2 Å². The number of anilines is 1. The molecule has 1 aromatic carbocycles. The number of piperazine rings is 1. The Morgan fingerprint density at radius 2 is 1.96 bits per heavy atom. The molecule has 23 heavy (non-hydrogen) atoms. The number of esters is 1. The molecular formula is C16H22ClN3O3. The van der Waals surface area contributed by atoms with Crippen molar-refractivity contribution < 1.29 is 14.3 Å². The number of hydrogen-bond acceptors (Lipinski definition) is 5. The second-order valence-corrected chi connectivity index (χ2v) is 5.98. The first-order valence-electron chi connectivity index (χ1n) is 7.56. The monoisotopic (exact) mass is 339 g/mol. The zero-order valence-corrected chi connectivity index (χ0v) is 14.2. The van der Waals surface area contributed by atoms with Crippen LogP contribution in [0.2, 0.25) is 5.02 Å². The highest BCUT2D eigenvalue weighted by molar-refractivity contribution is 6.30. The Morgan fingerprint density at radius 1 is 1.26 bits per heavy atom. The van der Waals surface area contributed by atoms with Crippen LogP contribution in [0.5, 0.6) is 0 Å². The van der Waals surface area contributed by atoms with Gasteiger partial charge in [-0.3, -0.25) is 14.5 Å². The van der Waals surface area contributed by atoms with Gasteiger partial charge < -0.3 is 15.0 Å². The molecule has 1 amide bonds. The third-order valence-electron chi connectivity index (χ3n) is 3.91. The van der Waals surface area contributed by atoms with E-state index in [4.69, 9.17) is 11.6 Å². The number of rotatable bonds is 5. The molecule has 1 saturated heterocycles. The highest BCUT2D eigenvalue weighted by Gasteiger charge is 2.20. The number of ether oxygens (including phenoxy) is 1. The van der Waals surface area contributed by atoms with Gasteiger partial charge in [-0.15, -0.1) is 0 Å². The molecular weight excluding hydrogens is 318 g/mol. The van der Waals surface area contributed by atoms with Crippen molar-refractivity contribution in [2.24, 2.45) is 0 Å². The average Bonchev–Trinajstić information content (AvgIpc) is 2.55. The van der Waals surface area contributed by atoms with E-state index in [1.54, 1.807) is 0 Å². The standard InChI is InChI=1S/C16H22ClN3O3/c1-12-3-4-13(17)9-14(12)20-7-5-19(6-8-20)11-15(21)18-10-16(22)23-2/h3-4,9H,5-8,10-11H2,1-2H3,(H,18,21). The van der Waals surface area contributed by atoms with Gasteiger partial charge in [0.15, 0.2) is 0 Å². The van der Waals surface area contributed by atoms with Gasteiger partial charge in [0.2, 0.25) is 5.91 Å². The molecule has 1 heterocycles. The molecule has 0 spiro atoms. The van der Waals surface area contributed by atoms with Crippen LogP contribution in [-0.4, -0.2) is 63.2 Å². The minimum absolute atomic E-state index is 0.0863. The van der Waals surface area contributed by atoms with Gasteiger partial charge in [-0.1, -0.05) is 17.7 Å².